The minimum atomic E-state index is -0.680. The Morgan fingerprint density at radius 2 is 2.46 bits per heavy atom. The third-order valence-electron chi connectivity index (χ3n) is 1.65. The highest BCUT2D eigenvalue weighted by Gasteiger charge is 2.09. The third kappa shape index (κ3) is 1.92. The van der Waals surface area contributed by atoms with Crippen LogP contribution in [0.15, 0.2) is 6.20 Å². The van der Waals surface area contributed by atoms with Gasteiger partial charge in [0, 0.05) is 0 Å². The Labute approximate surface area is 75.9 Å². The van der Waals surface area contributed by atoms with E-state index in [-0.39, 0.29) is 11.5 Å². The minimum absolute atomic E-state index is 0.0602. The van der Waals surface area contributed by atoms with Crippen molar-refractivity contribution in [1.29, 1.82) is 5.26 Å². The fraction of sp³-hybridized carbons (Fsp3) is 0.375. The molecule has 1 aromatic rings. The summed E-state index contributed by atoms with van der Waals surface area (Å²) in [6.07, 6.45) is 1.23. The molecular weight excluding hydrogens is 168 g/mol. The van der Waals surface area contributed by atoms with Crippen LogP contribution < -0.4 is 5.73 Å². The molecule has 5 nitrogen and oxygen atoms in total. The van der Waals surface area contributed by atoms with E-state index in [1.165, 1.54) is 6.20 Å². The molecule has 0 aromatic carbocycles. The lowest BCUT2D eigenvalue weighted by atomic mass is 10.2. The molecule has 5 heteroatoms. The van der Waals surface area contributed by atoms with Gasteiger partial charge in [-0.15, -0.1) is 0 Å². The minimum Gasteiger partial charge on any atom is -0.387 e. The van der Waals surface area contributed by atoms with Gasteiger partial charge in [0.25, 0.3) is 0 Å². The van der Waals surface area contributed by atoms with Crippen LogP contribution in [-0.4, -0.2) is 15.1 Å². The van der Waals surface area contributed by atoms with E-state index in [2.05, 4.69) is 9.97 Å². The van der Waals surface area contributed by atoms with Crippen LogP contribution in [0.5, 0.6) is 0 Å². The molecule has 3 N–H and O–H groups in total. The molecule has 0 fully saturated rings. The molecule has 0 spiro atoms. The van der Waals surface area contributed by atoms with E-state index in [0.717, 1.165) is 0 Å². The zero-order valence-electron chi connectivity index (χ0n) is 7.23. The summed E-state index contributed by atoms with van der Waals surface area (Å²) in [7, 11) is 0. The van der Waals surface area contributed by atoms with Crippen LogP contribution >= 0.6 is 0 Å². The monoisotopic (exact) mass is 178 g/mol. The van der Waals surface area contributed by atoms with Gasteiger partial charge in [-0.1, -0.05) is 6.92 Å². The Balaban J connectivity index is 3.08. The average Bonchev–Trinajstić information content (AvgIpc) is 2.17. The van der Waals surface area contributed by atoms with Crippen molar-refractivity contribution >= 4 is 5.82 Å². The van der Waals surface area contributed by atoms with Crippen LogP contribution in [0.1, 0.15) is 30.8 Å². The lowest BCUT2D eigenvalue weighted by Gasteiger charge is -2.06. The predicted octanol–water partition coefficient (Wildman–Crippen LogP) is 0.374. The Kier molecular flexibility index (Phi) is 2.77. The number of nitrogen functional groups attached to an aromatic ring is 1. The maximum absolute atomic E-state index is 9.39. The SMILES string of the molecule is CCC(O)c1cnc(N)c(C#N)n1. The van der Waals surface area contributed by atoms with Gasteiger partial charge in [-0.2, -0.15) is 5.26 Å². The van der Waals surface area contributed by atoms with E-state index in [9.17, 15) is 5.11 Å². The van der Waals surface area contributed by atoms with E-state index in [1.54, 1.807) is 6.07 Å². The van der Waals surface area contributed by atoms with Crippen molar-refractivity contribution in [1.82, 2.24) is 9.97 Å². The number of nitrogens with two attached hydrogens (primary N) is 1. The molecule has 1 atom stereocenters. The summed E-state index contributed by atoms with van der Waals surface area (Å²) in [4.78, 5) is 7.61. The summed E-state index contributed by atoms with van der Waals surface area (Å²) < 4.78 is 0. The first-order valence-electron chi connectivity index (χ1n) is 3.89. The molecule has 1 heterocycles. The van der Waals surface area contributed by atoms with Crippen LogP contribution in [0.2, 0.25) is 0 Å². The zero-order chi connectivity index (χ0) is 9.84. The van der Waals surface area contributed by atoms with Crippen molar-refractivity contribution in [2.75, 3.05) is 5.73 Å². The summed E-state index contributed by atoms with van der Waals surface area (Å²) in [5, 5.41) is 18.0. The number of anilines is 1. The number of aliphatic hydroxyl groups is 1. The molecule has 1 rings (SSSR count). The molecule has 13 heavy (non-hydrogen) atoms. The second kappa shape index (κ2) is 3.83. The van der Waals surface area contributed by atoms with Gasteiger partial charge in [-0.05, 0) is 6.42 Å². The molecule has 0 amide bonds. The van der Waals surface area contributed by atoms with Crippen LogP contribution in [0, 0.1) is 11.3 Å². The molecule has 0 saturated heterocycles. The smallest absolute Gasteiger partial charge is 0.183 e. The van der Waals surface area contributed by atoms with Gasteiger partial charge >= 0.3 is 0 Å². The van der Waals surface area contributed by atoms with Gasteiger partial charge < -0.3 is 10.8 Å². The topological polar surface area (TPSA) is 95.8 Å². The fourth-order valence-electron chi connectivity index (χ4n) is 0.864. The molecular formula is C8H10N4O. The highest BCUT2D eigenvalue weighted by atomic mass is 16.3. The third-order valence-corrected chi connectivity index (χ3v) is 1.65. The first kappa shape index (κ1) is 9.42. The number of hydrogen-bond acceptors (Lipinski definition) is 5. The van der Waals surface area contributed by atoms with Crippen molar-refractivity contribution in [2.24, 2.45) is 0 Å². The van der Waals surface area contributed by atoms with E-state index < -0.39 is 6.10 Å². The standard InChI is InChI=1S/C8H10N4O/c1-2-7(13)6-4-11-8(10)5(3-9)12-6/h4,7,13H,2H2,1H3,(H2,10,11). The van der Waals surface area contributed by atoms with E-state index >= 15 is 0 Å². The van der Waals surface area contributed by atoms with Gasteiger partial charge in [0.1, 0.15) is 6.07 Å². The molecule has 0 radical (unpaired) electrons. The van der Waals surface area contributed by atoms with Crippen molar-refractivity contribution in [3.05, 3.63) is 17.6 Å². The number of hydrogen-bond donors (Lipinski definition) is 2. The summed E-state index contributed by atoms with van der Waals surface area (Å²) in [5.74, 6) is 0.0922. The van der Waals surface area contributed by atoms with Crippen LogP contribution in [0.4, 0.5) is 5.82 Å². The van der Waals surface area contributed by atoms with Gasteiger partial charge in [-0.3, -0.25) is 0 Å². The van der Waals surface area contributed by atoms with E-state index in [1.807, 2.05) is 6.92 Å². The lowest BCUT2D eigenvalue weighted by molar-refractivity contribution is 0.168. The van der Waals surface area contributed by atoms with Crippen LogP contribution in [0.3, 0.4) is 0 Å². The number of aromatic nitrogens is 2. The molecule has 0 aliphatic heterocycles. The van der Waals surface area contributed by atoms with E-state index in [4.69, 9.17) is 11.0 Å². The number of rotatable bonds is 2. The first-order chi connectivity index (χ1) is 6.19. The Bertz CT molecular complexity index is 344. The Hall–Kier alpha value is -1.67. The average molecular weight is 178 g/mol. The predicted molar refractivity (Wildman–Crippen MR) is 46.4 cm³/mol. The second-order valence-corrected chi connectivity index (χ2v) is 2.56. The number of nitrogens with zero attached hydrogens (tertiary/aromatic N) is 3. The Morgan fingerprint density at radius 1 is 1.77 bits per heavy atom. The maximum atomic E-state index is 9.39. The normalized spacial score (nSPS) is 12.1. The quantitative estimate of drug-likeness (QED) is 0.682. The fourth-order valence-corrected chi connectivity index (χ4v) is 0.864. The van der Waals surface area contributed by atoms with Crippen LogP contribution in [-0.2, 0) is 0 Å². The van der Waals surface area contributed by atoms with Gasteiger partial charge in [0.2, 0.25) is 0 Å². The molecule has 1 aromatic heterocycles. The van der Waals surface area contributed by atoms with Gasteiger partial charge in [-0.25, -0.2) is 9.97 Å². The largest absolute Gasteiger partial charge is 0.387 e. The molecule has 1 unspecified atom stereocenters. The molecule has 0 saturated carbocycles. The zero-order valence-corrected chi connectivity index (χ0v) is 7.23. The Morgan fingerprint density at radius 3 is 3.00 bits per heavy atom. The van der Waals surface area contributed by atoms with Gasteiger partial charge in [0.05, 0.1) is 18.0 Å². The summed E-state index contributed by atoms with van der Waals surface area (Å²) in [5.41, 5.74) is 5.81. The maximum Gasteiger partial charge on any atom is 0.183 e. The first-order valence-corrected chi connectivity index (χ1v) is 3.89. The molecule has 0 bridgehead atoms. The molecule has 0 aliphatic carbocycles. The van der Waals surface area contributed by atoms with Crippen molar-refractivity contribution < 1.29 is 5.11 Å². The van der Waals surface area contributed by atoms with Crippen molar-refractivity contribution in [2.45, 2.75) is 19.4 Å². The van der Waals surface area contributed by atoms with Crippen molar-refractivity contribution in [3.8, 4) is 6.07 Å². The summed E-state index contributed by atoms with van der Waals surface area (Å²) in [6, 6.07) is 1.80. The molecule has 0 aliphatic rings. The summed E-state index contributed by atoms with van der Waals surface area (Å²) in [6.45, 7) is 1.81. The highest BCUT2D eigenvalue weighted by Crippen LogP contribution is 2.14. The number of nitriles is 1. The van der Waals surface area contributed by atoms with E-state index in [0.29, 0.717) is 12.1 Å². The molecule has 68 valence electrons. The van der Waals surface area contributed by atoms with Crippen LogP contribution in [0.25, 0.3) is 0 Å². The summed E-state index contributed by atoms with van der Waals surface area (Å²) >= 11 is 0. The number of aliphatic hydroxyl groups excluding tert-OH is 1. The van der Waals surface area contributed by atoms with Gasteiger partial charge in [0.15, 0.2) is 11.5 Å². The second-order valence-electron chi connectivity index (χ2n) is 2.56. The highest BCUT2D eigenvalue weighted by molar-refractivity contribution is 5.42. The lowest BCUT2D eigenvalue weighted by Crippen LogP contribution is -2.05. The van der Waals surface area contributed by atoms with Crippen molar-refractivity contribution in [3.63, 3.8) is 0 Å².